The molecule has 188 valence electrons. The van der Waals surface area contributed by atoms with Crippen LogP contribution in [0.5, 0.6) is 0 Å². The largest absolute Gasteiger partial charge is 0.446 e. The number of fused-ring (bicyclic) bond motifs is 1. The van der Waals surface area contributed by atoms with Gasteiger partial charge in [-0.05, 0) is 58.9 Å². The summed E-state index contributed by atoms with van der Waals surface area (Å²) in [7, 11) is -3.26. The van der Waals surface area contributed by atoms with Crippen LogP contribution >= 0.6 is 0 Å². The normalized spacial score (nSPS) is 21.4. The van der Waals surface area contributed by atoms with Crippen LogP contribution in [0.3, 0.4) is 0 Å². The summed E-state index contributed by atoms with van der Waals surface area (Å²) in [4.78, 5) is 16.5. The van der Waals surface area contributed by atoms with Gasteiger partial charge in [-0.2, -0.15) is 10.2 Å². The number of rotatable bonds is 8. The maximum atomic E-state index is 12.3. The molecule has 0 aliphatic heterocycles. The van der Waals surface area contributed by atoms with Crippen molar-refractivity contribution in [2.24, 2.45) is 0 Å². The number of anilines is 2. The second-order valence-corrected chi connectivity index (χ2v) is 12.7. The van der Waals surface area contributed by atoms with Crippen LogP contribution in [0.4, 0.5) is 16.4 Å². The van der Waals surface area contributed by atoms with Crippen molar-refractivity contribution in [3.05, 3.63) is 35.9 Å². The molecular formula is C23H31N7O4S. The topological polar surface area (TPSA) is 143 Å². The van der Waals surface area contributed by atoms with E-state index in [-0.39, 0.29) is 29.4 Å². The van der Waals surface area contributed by atoms with Crippen LogP contribution in [0.25, 0.3) is 5.52 Å². The van der Waals surface area contributed by atoms with Gasteiger partial charge in [0.1, 0.15) is 11.6 Å². The zero-order valence-electron chi connectivity index (χ0n) is 20.1. The number of alkyl carbamates (subject to hydrolysis) is 1. The molecule has 0 aromatic carbocycles. The highest BCUT2D eigenvalue weighted by atomic mass is 32.2. The molecule has 3 aromatic heterocycles. The molecule has 0 spiro atoms. The van der Waals surface area contributed by atoms with Gasteiger partial charge in [-0.1, -0.05) is 0 Å². The van der Waals surface area contributed by atoms with Gasteiger partial charge in [0.2, 0.25) is 0 Å². The molecule has 2 aliphatic carbocycles. The van der Waals surface area contributed by atoms with Crippen LogP contribution in [0.1, 0.15) is 70.2 Å². The van der Waals surface area contributed by atoms with Crippen LogP contribution in [0.15, 0.2) is 24.5 Å². The minimum atomic E-state index is -3.26. The Hall–Kier alpha value is -3.15. The molecule has 11 nitrogen and oxygen atoms in total. The quantitative estimate of drug-likeness (QED) is 0.426. The lowest BCUT2D eigenvalue weighted by atomic mass is 10.0. The van der Waals surface area contributed by atoms with Crippen molar-refractivity contribution in [1.29, 1.82) is 0 Å². The number of ether oxygens (including phenoxy) is 1. The van der Waals surface area contributed by atoms with Gasteiger partial charge in [0.25, 0.3) is 0 Å². The lowest BCUT2D eigenvalue weighted by molar-refractivity contribution is 0.0967. The SMILES string of the molecule is CC(C)S(=O)(=O)Cc1cc2c(Nc3cc([C@H]4CC[C@@H](OC(=O)NC5(C)CC5)C4)[nH]n3)nccn2n1. The average molecular weight is 502 g/mol. The molecule has 12 heteroatoms. The van der Waals surface area contributed by atoms with Crippen LogP contribution in [0.2, 0.25) is 0 Å². The minimum Gasteiger partial charge on any atom is -0.446 e. The standard InChI is InChI=1S/C23H31N7O4S/c1-14(2)35(32,33)13-16-11-19-21(24-8-9-30(19)29-16)25-20-12-18(27-28-20)15-4-5-17(10-15)34-22(31)26-23(3)6-7-23/h8-9,11-12,14-15,17H,4-7,10,13H2,1-3H3,(H,26,31)(H2,24,25,27,28)/t15-,17+/m0/s1. The molecule has 3 aromatic rings. The van der Waals surface area contributed by atoms with Gasteiger partial charge in [0.15, 0.2) is 21.5 Å². The van der Waals surface area contributed by atoms with E-state index in [2.05, 4.69) is 30.9 Å². The van der Waals surface area contributed by atoms with Gasteiger partial charge < -0.3 is 15.4 Å². The van der Waals surface area contributed by atoms with E-state index in [1.165, 1.54) is 0 Å². The Kier molecular flexibility index (Phi) is 5.94. The van der Waals surface area contributed by atoms with Gasteiger partial charge >= 0.3 is 6.09 Å². The minimum absolute atomic E-state index is 0.0884. The first kappa shape index (κ1) is 23.6. The van der Waals surface area contributed by atoms with Gasteiger partial charge in [0, 0.05) is 35.6 Å². The first-order chi connectivity index (χ1) is 16.6. The number of sulfone groups is 1. The molecule has 5 rings (SSSR count). The van der Waals surface area contributed by atoms with E-state index in [0.717, 1.165) is 37.8 Å². The van der Waals surface area contributed by atoms with Gasteiger partial charge in [-0.15, -0.1) is 0 Å². The number of nitrogens with one attached hydrogen (secondary N) is 3. The van der Waals surface area contributed by atoms with Crippen molar-refractivity contribution < 1.29 is 17.9 Å². The number of nitrogens with zero attached hydrogens (tertiary/aromatic N) is 4. The number of amides is 1. The van der Waals surface area contributed by atoms with Crippen LogP contribution in [0, 0.1) is 0 Å². The molecule has 1 amide bonds. The Balaban J connectivity index is 1.23. The molecule has 0 radical (unpaired) electrons. The molecule has 3 N–H and O–H groups in total. The lowest BCUT2D eigenvalue weighted by Gasteiger charge is -2.16. The van der Waals surface area contributed by atoms with Crippen LogP contribution < -0.4 is 10.6 Å². The summed E-state index contributed by atoms with van der Waals surface area (Å²) < 4.78 is 31.8. The summed E-state index contributed by atoms with van der Waals surface area (Å²) in [6.45, 7) is 5.35. The number of hydrogen-bond acceptors (Lipinski definition) is 8. The Bertz CT molecular complexity index is 1340. The van der Waals surface area contributed by atoms with Crippen molar-refractivity contribution in [1.82, 2.24) is 30.1 Å². The van der Waals surface area contributed by atoms with E-state index >= 15 is 0 Å². The molecule has 2 fully saturated rings. The van der Waals surface area contributed by atoms with E-state index < -0.39 is 15.1 Å². The molecule has 2 saturated carbocycles. The lowest BCUT2D eigenvalue weighted by Crippen LogP contribution is -2.36. The second kappa shape index (κ2) is 8.81. The number of carbonyl (C=O) groups excluding carboxylic acids is 1. The highest BCUT2D eigenvalue weighted by Crippen LogP contribution is 2.37. The predicted molar refractivity (Wildman–Crippen MR) is 130 cm³/mol. The Morgan fingerprint density at radius 1 is 1.31 bits per heavy atom. The predicted octanol–water partition coefficient (Wildman–Crippen LogP) is 3.43. The number of hydrogen-bond donors (Lipinski definition) is 3. The fourth-order valence-corrected chi connectivity index (χ4v) is 5.20. The first-order valence-corrected chi connectivity index (χ1v) is 13.7. The van der Waals surface area contributed by atoms with Gasteiger partial charge in [-0.25, -0.2) is 22.7 Å². The molecule has 3 heterocycles. The average Bonchev–Trinajstić information content (AvgIpc) is 3.20. The van der Waals surface area contributed by atoms with Crippen molar-refractivity contribution in [2.75, 3.05) is 5.32 Å². The summed E-state index contributed by atoms with van der Waals surface area (Å²) in [6.07, 6.45) is 7.31. The maximum Gasteiger partial charge on any atom is 0.407 e. The van der Waals surface area contributed by atoms with Crippen molar-refractivity contribution in [3.8, 4) is 0 Å². The Morgan fingerprint density at radius 2 is 2.11 bits per heavy atom. The van der Waals surface area contributed by atoms with Crippen molar-refractivity contribution in [3.63, 3.8) is 0 Å². The van der Waals surface area contributed by atoms with E-state index in [4.69, 9.17) is 4.74 Å². The first-order valence-electron chi connectivity index (χ1n) is 12.0. The summed E-state index contributed by atoms with van der Waals surface area (Å²) in [5.74, 6) is 1.23. The highest BCUT2D eigenvalue weighted by molar-refractivity contribution is 7.91. The van der Waals surface area contributed by atoms with Crippen molar-refractivity contribution in [2.45, 2.75) is 81.4 Å². The number of carbonyl (C=O) groups is 1. The Labute approximate surface area is 204 Å². The van der Waals surface area contributed by atoms with E-state index in [0.29, 0.717) is 22.8 Å². The maximum absolute atomic E-state index is 12.3. The summed E-state index contributed by atoms with van der Waals surface area (Å²) >= 11 is 0. The van der Waals surface area contributed by atoms with E-state index in [9.17, 15) is 13.2 Å². The summed E-state index contributed by atoms with van der Waals surface area (Å²) in [5, 5.41) is 17.5. The number of aromatic amines is 1. The molecule has 2 atom stereocenters. The highest BCUT2D eigenvalue weighted by Gasteiger charge is 2.40. The zero-order chi connectivity index (χ0) is 24.8. The summed E-state index contributed by atoms with van der Waals surface area (Å²) in [6, 6.07) is 3.67. The van der Waals surface area contributed by atoms with Gasteiger partial charge in [-0.3, -0.25) is 5.10 Å². The number of aromatic nitrogens is 5. The van der Waals surface area contributed by atoms with Crippen molar-refractivity contribution >= 4 is 33.1 Å². The third-order valence-corrected chi connectivity index (χ3v) is 8.99. The Morgan fingerprint density at radius 3 is 2.86 bits per heavy atom. The smallest absolute Gasteiger partial charge is 0.407 e. The molecule has 0 saturated heterocycles. The third kappa shape index (κ3) is 5.26. The molecule has 0 unspecified atom stereocenters. The fraction of sp³-hybridized carbons (Fsp3) is 0.565. The van der Waals surface area contributed by atoms with Crippen LogP contribution in [-0.4, -0.2) is 56.2 Å². The summed E-state index contributed by atoms with van der Waals surface area (Å²) in [5.41, 5.74) is 2.01. The fourth-order valence-electron chi connectivity index (χ4n) is 4.31. The molecule has 2 aliphatic rings. The number of H-pyrrole nitrogens is 1. The van der Waals surface area contributed by atoms with E-state index in [1.807, 2.05) is 13.0 Å². The van der Waals surface area contributed by atoms with Gasteiger partial charge in [0.05, 0.1) is 16.7 Å². The van der Waals surface area contributed by atoms with Crippen LogP contribution in [-0.2, 0) is 20.3 Å². The monoisotopic (exact) mass is 501 g/mol. The molecular weight excluding hydrogens is 470 g/mol. The van der Waals surface area contributed by atoms with E-state index in [1.54, 1.807) is 36.8 Å². The second-order valence-electron chi connectivity index (χ2n) is 10.2. The zero-order valence-corrected chi connectivity index (χ0v) is 20.9. The molecule has 35 heavy (non-hydrogen) atoms. The molecule has 0 bridgehead atoms. The third-order valence-electron chi connectivity index (χ3n) is 6.85.